The van der Waals surface area contributed by atoms with Crippen molar-refractivity contribution in [1.82, 2.24) is 0 Å². The van der Waals surface area contributed by atoms with E-state index >= 15 is 0 Å². The summed E-state index contributed by atoms with van der Waals surface area (Å²) in [7, 11) is -2.94. The van der Waals surface area contributed by atoms with Gasteiger partial charge in [0.1, 0.15) is 0 Å². The van der Waals surface area contributed by atoms with Gasteiger partial charge in [0.15, 0.2) is 9.84 Å². The molecule has 0 heterocycles. The Labute approximate surface area is 118 Å². The molecule has 1 fully saturated rings. The lowest BCUT2D eigenvalue weighted by atomic mass is 9.77. The van der Waals surface area contributed by atoms with Crippen molar-refractivity contribution in [2.24, 2.45) is 11.7 Å². The molecule has 19 heavy (non-hydrogen) atoms. The van der Waals surface area contributed by atoms with Crippen molar-refractivity contribution in [3.63, 3.8) is 0 Å². The van der Waals surface area contributed by atoms with Crippen LogP contribution >= 0.6 is 0 Å². The zero-order valence-electron chi connectivity index (χ0n) is 12.4. The highest BCUT2D eigenvalue weighted by Crippen LogP contribution is 2.36. The maximum absolute atomic E-state index is 11.5. The van der Waals surface area contributed by atoms with Crippen molar-refractivity contribution in [2.45, 2.75) is 58.0 Å². The van der Waals surface area contributed by atoms with Crippen LogP contribution in [0.3, 0.4) is 0 Å². The summed E-state index contributed by atoms with van der Waals surface area (Å²) in [6.45, 7) is 4.67. The summed E-state index contributed by atoms with van der Waals surface area (Å²) < 4.78 is 28.8. The van der Waals surface area contributed by atoms with Gasteiger partial charge in [-0.1, -0.05) is 26.7 Å². The van der Waals surface area contributed by atoms with Crippen molar-refractivity contribution < 1.29 is 13.2 Å². The zero-order valence-corrected chi connectivity index (χ0v) is 13.2. The molecule has 2 N–H and O–H groups in total. The van der Waals surface area contributed by atoms with E-state index in [9.17, 15) is 8.42 Å². The van der Waals surface area contributed by atoms with Gasteiger partial charge in [0.05, 0.1) is 18.0 Å². The second kappa shape index (κ2) is 7.60. The minimum atomic E-state index is -2.94. The standard InChI is InChI=1S/C14H29NO3S/c1-3-5-13-6-8-14(12-15,9-7-13)18-10-11-19(16,17)4-2/h13H,3-12,15H2,1-2H3. The normalized spacial score (nSPS) is 28.5. The van der Waals surface area contributed by atoms with Crippen LogP contribution in [0, 0.1) is 5.92 Å². The molecule has 5 heteroatoms. The molecule has 1 saturated carbocycles. The van der Waals surface area contributed by atoms with Gasteiger partial charge >= 0.3 is 0 Å². The van der Waals surface area contributed by atoms with Crippen molar-refractivity contribution in [2.75, 3.05) is 24.7 Å². The minimum absolute atomic E-state index is 0.115. The minimum Gasteiger partial charge on any atom is -0.373 e. The first kappa shape index (κ1) is 16.9. The van der Waals surface area contributed by atoms with Crippen LogP contribution in [0.1, 0.15) is 52.4 Å². The SMILES string of the molecule is CCCC1CCC(CN)(OCCS(=O)(=O)CC)CC1. The summed E-state index contributed by atoms with van der Waals surface area (Å²) in [5, 5.41) is 0. The molecule has 0 bridgehead atoms. The predicted octanol–water partition coefficient (Wildman–Crippen LogP) is 2.13. The molecule has 0 aromatic carbocycles. The Kier molecular flexibility index (Phi) is 6.77. The maximum atomic E-state index is 11.5. The number of hydrogen-bond acceptors (Lipinski definition) is 4. The lowest BCUT2D eigenvalue weighted by Crippen LogP contribution is -2.45. The van der Waals surface area contributed by atoms with Crippen LogP contribution in [0.4, 0.5) is 0 Å². The van der Waals surface area contributed by atoms with Gasteiger partial charge in [-0.2, -0.15) is 0 Å². The van der Waals surface area contributed by atoms with Crippen LogP contribution < -0.4 is 5.73 Å². The third kappa shape index (κ3) is 5.40. The summed E-state index contributed by atoms with van der Waals surface area (Å²) in [6, 6.07) is 0. The van der Waals surface area contributed by atoms with Gasteiger partial charge in [0.2, 0.25) is 0 Å². The Balaban J connectivity index is 2.41. The number of sulfone groups is 1. The van der Waals surface area contributed by atoms with Crippen LogP contribution in [0.2, 0.25) is 0 Å². The molecule has 114 valence electrons. The van der Waals surface area contributed by atoms with E-state index in [-0.39, 0.29) is 23.7 Å². The van der Waals surface area contributed by atoms with E-state index in [0.29, 0.717) is 6.54 Å². The highest BCUT2D eigenvalue weighted by atomic mass is 32.2. The molecule has 0 saturated heterocycles. The van der Waals surface area contributed by atoms with Gasteiger partial charge in [-0.25, -0.2) is 8.42 Å². The fourth-order valence-corrected chi connectivity index (χ4v) is 3.46. The topological polar surface area (TPSA) is 69.4 Å². The smallest absolute Gasteiger partial charge is 0.152 e. The second-order valence-electron chi connectivity index (χ2n) is 5.70. The lowest BCUT2D eigenvalue weighted by Gasteiger charge is -2.39. The highest BCUT2D eigenvalue weighted by Gasteiger charge is 2.34. The second-order valence-corrected chi connectivity index (χ2v) is 8.18. The van der Waals surface area contributed by atoms with Crippen molar-refractivity contribution in [3.05, 3.63) is 0 Å². The molecular weight excluding hydrogens is 262 g/mol. The molecule has 0 aromatic heterocycles. The van der Waals surface area contributed by atoms with E-state index in [4.69, 9.17) is 10.5 Å². The Morgan fingerprint density at radius 3 is 2.37 bits per heavy atom. The molecule has 0 radical (unpaired) electrons. The first-order valence-electron chi connectivity index (χ1n) is 7.51. The van der Waals surface area contributed by atoms with E-state index in [0.717, 1.165) is 31.6 Å². The lowest BCUT2D eigenvalue weighted by molar-refractivity contribution is -0.0655. The largest absolute Gasteiger partial charge is 0.373 e. The monoisotopic (exact) mass is 291 g/mol. The fraction of sp³-hybridized carbons (Fsp3) is 1.00. The van der Waals surface area contributed by atoms with Crippen molar-refractivity contribution in [1.29, 1.82) is 0 Å². The maximum Gasteiger partial charge on any atom is 0.152 e. The van der Waals surface area contributed by atoms with Crippen LogP contribution in [0.25, 0.3) is 0 Å². The summed E-state index contributed by atoms with van der Waals surface area (Å²) >= 11 is 0. The molecule has 0 amide bonds. The first-order chi connectivity index (χ1) is 8.97. The molecule has 1 rings (SSSR count). The van der Waals surface area contributed by atoms with Crippen LogP contribution in [-0.4, -0.2) is 38.7 Å². The Bertz CT molecular complexity index is 346. The van der Waals surface area contributed by atoms with Crippen LogP contribution in [0.5, 0.6) is 0 Å². The summed E-state index contributed by atoms with van der Waals surface area (Å²) in [5.74, 6) is 1.10. The van der Waals surface area contributed by atoms with E-state index in [1.807, 2.05) is 0 Å². The van der Waals surface area contributed by atoms with E-state index in [2.05, 4.69) is 6.92 Å². The third-order valence-corrected chi connectivity index (χ3v) is 6.00. The predicted molar refractivity (Wildman–Crippen MR) is 78.9 cm³/mol. The van der Waals surface area contributed by atoms with Gasteiger partial charge in [-0.15, -0.1) is 0 Å². The zero-order chi connectivity index (χ0) is 14.4. The van der Waals surface area contributed by atoms with E-state index in [1.54, 1.807) is 6.92 Å². The molecule has 0 aliphatic heterocycles. The van der Waals surface area contributed by atoms with Crippen LogP contribution in [-0.2, 0) is 14.6 Å². The quantitative estimate of drug-likeness (QED) is 0.744. The van der Waals surface area contributed by atoms with E-state index < -0.39 is 9.84 Å². The number of nitrogens with two attached hydrogens (primary N) is 1. The average Bonchev–Trinajstić information content (AvgIpc) is 2.41. The number of hydrogen-bond donors (Lipinski definition) is 1. The molecule has 4 nitrogen and oxygen atoms in total. The molecule has 1 aliphatic rings. The molecule has 0 unspecified atom stereocenters. The van der Waals surface area contributed by atoms with Crippen molar-refractivity contribution in [3.8, 4) is 0 Å². The molecule has 0 aromatic rings. The fourth-order valence-electron chi connectivity index (χ4n) is 2.84. The first-order valence-corrected chi connectivity index (χ1v) is 9.33. The van der Waals surface area contributed by atoms with Gasteiger partial charge in [0.25, 0.3) is 0 Å². The van der Waals surface area contributed by atoms with Gasteiger partial charge in [-0.05, 0) is 31.6 Å². The van der Waals surface area contributed by atoms with Crippen molar-refractivity contribution >= 4 is 9.84 Å². The summed E-state index contributed by atoms with van der Waals surface area (Å²) in [4.78, 5) is 0. The Morgan fingerprint density at radius 2 is 1.89 bits per heavy atom. The summed E-state index contributed by atoms with van der Waals surface area (Å²) in [6.07, 6.45) is 6.78. The van der Waals surface area contributed by atoms with Gasteiger partial charge < -0.3 is 10.5 Å². The summed E-state index contributed by atoms with van der Waals surface area (Å²) in [5.41, 5.74) is 5.60. The Morgan fingerprint density at radius 1 is 1.26 bits per heavy atom. The average molecular weight is 291 g/mol. The van der Waals surface area contributed by atoms with Gasteiger partial charge in [-0.3, -0.25) is 0 Å². The molecular formula is C14H29NO3S. The highest BCUT2D eigenvalue weighted by molar-refractivity contribution is 7.91. The number of rotatable bonds is 8. The Hall–Kier alpha value is -0.130. The van der Waals surface area contributed by atoms with Crippen LogP contribution in [0.15, 0.2) is 0 Å². The van der Waals surface area contributed by atoms with E-state index in [1.165, 1.54) is 12.8 Å². The molecule has 1 aliphatic carbocycles. The number of ether oxygens (including phenoxy) is 1. The molecule has 0 spiro atoms. The van der Waals surface area contributed by atoms with Gasteiger partial charge in [0, 0.05) is 12.3 Å². The third-order valence-electron chi connectivity index (χ3n) is 4.33. The molecule has 0 atom stereocenters.